The molecule has 7 heteroatoms. The third-order valence-corrected chi connectivity index (χ3v) is 5.25. The molecule has 6 nitrogen and oxygen atoms in total. The van der Waals surface area contributed by atoms with Gasteiger partial charge in [-0.25, -0.2) is 4.98 Å². The van der Waals surface area contributed by atoms with E-state index in [1.54, 1.807) is 18.4 Å². The summed E-state index contributed by atoms with van der Waals surface area (Å²) in [6.45, 7) is 8.07. The van der Waals surface area contributed by atoms with E-state index in [2.05, 4.69) is 39.7 Å². The monoisotopic (exact) mass is 374 g/mol. The summed E-state index contributed by atoms with van der Waals surface area (Å²) in [7, 11) is 1.77. The van der Waals surface area contributed by atoms with Gasteiger partial charge in [0.05, 0.1) is 24.4 Å². The summed E-state index contributed by atoms with van der Waals surface area (Å²) in [5, 5.41) is 6.69. The number of aryl methyl sites for hydroxylation is 1. The number of benzene rings is 1. The molecule has 1 aromatic heterocycles. The van der Waals surface area contributed by atoms with Gasteiger partial charge >= 0.3 is 0 Å². The lowest BCUT2D eigenvalue weighted by molar-refractivity contribution is 0.254. The largest absolute Gasteiger partial charge is 0.494 e. The van der Waals surface area contributed by atoms with Crippen molar-refractivity contribution in [2.75, 3.05) is 13.7 Å². The molecule has 1 aliphatic heterocycles. The fourth-order valence-electron chi connectivity index (χ4n) is 2.97. The lowest BCUT2D eigenvalue weighted by atomic mass is 10.1. The maximum Gasteiger partial charge on any atom is 0.191 e. The number of guanidine groups is 1. The van der Waals surface area contributed by atoms with E-state index < -0.39 is 0 Å². The standard InChI is InChI=1S/C19H26N4O2S/c1-5-24-16-7-14-6-12(2)25-17(14)8-15(16)9-21-19(20-4)22-10-18-13(3)23-11-26-18/h7-8,11-12H,5-6,9-10H2,1-4H3,(H2,20,21,22). The number of rotatable bonds is 6. The van der Waals surface area contributed by atoms with E-state index >= 15 is 0 Å². The van der Waals surface area contributed by atoms with Crippen LogP contribution < -0.4 is 20.1 Å². The van der Waals surface area contributed by atoms with Crippen LogP contribution >= 0.6 is 11.3 Å². The van der Waals surface area contributed by atoms with E-state index in [9.17, 15) is 0 Å². The number of fused-ring (bicyclic) bond motifs is 1. The van der Waals surface area contributed by atoms with Crippen molar-refractivity contribution >= 4 is 17.3 Å². The second-order valence-corrected chi connectivity index (χ2v) is 7.21. The average molecular weight is 375 g/mol. The highest BCUT2D eigenvalue weighted by atomic mass is 32.1. The Hall–Kier alpha value is -2.28. The summed E-state index contributed by atoms with van der Waals surface area (Å²) < 4.78 is 11.7. The molecule has 0 spiro atoms. The Morgan fingerprint density at radius 1 is 1.38 bits per heavy atom. The minimum Gasteiger partial charge on any atom is -0.494 e. The molecular formula is C19H26N4O2S. The van der Waals surface area contributed by atoms with Gasteiger partial charge in [0.2, 0.25) is 0 Å². The van der Waals surface area contributed by atoms with Crippen molar-refractivity contribution < 1.29 is 9.47 Å². The number of hydrogen-bond donors (Lipinski definition) is 2. The zero-order valence-corrected chi connectivity index (χ0v) is 16.6. The van der Waals surface area contributed by atoms with E-state index in [0.29, 0.717) is 19.7 Å². The Kier molecular flexibility index (Phi) is 5.98. The first kappa shape index (κ1) is 18.5. The molecule has 3 rings (SSSR count). The Labute approximate surface area is 158 Å². The molecule has 26 heavy (non-hydrogen) atoms. The minimum atomic E-state index is 0.222. The van der Waals surface area contributed by atoms with Crippen LogP contribution in [0.15, 0.2) is 22.6 Å². The topological polar surface area (TPSA) is 67.8 Å². The van der Waals surface area contributed by atoms with Crippen molar-refractivity contribution in [3.63, 3.8) is 0 Å². The SMILES string of the molecule is CCOc1cc2c(cc1CNC(=NC)NCc1scnc1C)OC(C)C2. The predicted molar refractivity (Wildman–Crippen MR) is 105 cm³/mol. The molecule has 2 heterocycles. The van der Waals surface area contributed by atoms with Gasteiger partial charge in [-0.05, 0) is 32.9 Å². The van der Waals surface area contributed by atoms with Crippen LogP contribution in [0.2, 0.25) is 0 Å². The summed E-state index contributed by atoms with van der Waals surface area (Å²) in [5.41, 5.74) is 5.20. The number of aromatic nitrogens is 1. The molecule has 0 fully saturated rings. The summed E-state index contributed by atoms with van der Waals surface area (Å²) in [6, 6.07) is 4.19. The van der Waals surface area contributed by atoms with Crippen molar-refractivity contribution in [2.45, 2.75) is 46.4 Å². The fraction of sp³-hybridized carbons (Fsp3) is 0.474. The lowest BCUT2D eigenvalue weighted by Gasteiger charge is -2.15. The van der Waals surface area contributed by atoms with Crippen molar-refractivity contribution in [1.29, 1.82) is 0 Å². The van der Waals surface area contributed by atoms with Crippen molar-refractivity contribution in [1.82, 2.24) is 15.6 Å². The predicted octanol–water partition coefficient (Wildman–Crippen LogP) is 3.04. The molecule has 0 radical (unpaired) electrons. The smallest absolute Gasteiger partial charge is 0.191 e. The van der Waals surface area contributed by atoms with Crippen molar-refractivity contribution in [3.05, 3.63) is 39.3 Å². The third-order valence-electron chi connectivity index (χ3n) is 4.31. The first-order valence-electron chi connectivity index (χ1n) is 8.89. The Morgan fingerprint density at radius 3 is 2.88 bits per heavy atom. The molecule has 2 aromatic rings. The van der Waals surface area contributed by atoms with Crippen LogP contribution in [0, 0.1) is 6.92 Å². The molecule has 0 amide bonds. The van der Waals surface area contributed by atoms with E-state index in [-0.39, 0.29) is 6.10 Å². The molecule has 1 unspecified atom stereocenters. The van der Waals surface area contributed by atoms with Gasteiger partial charge in [-0.2, -0.15) is 0 Å². The number of ether oxygens (including phenoxy) is 2. The molecule has 0 saturated carbocycles. The molecule has 0 aliphatic carbocycles. The van der Waals surface area contributed by atoms with Gasteiger partial charge in [0.25, 0.3) is 0 Å². The van der Waals surface area contributed by atoms with Crippen LogP contribution in [0.3, 0.4) is 0 Å². The Balaban J connectivity index is 1.65. The van der Waals surface area contributed by atoms with Gasteiger partial charge < -0.3 is 20.1 Å². The molecule has 0 saturated heterocycles. The maximum atomic E-state index is 5.89. The highest BCUT2D eigenvalue weighted by Gasteiger charge is 2.21. The fourth-order valence-corrected chi connectivity index (χ4v) is 3.69. The number of thiazole rings is 1. The van der Waals surface area contributed by atoms with Crippen LogP contribution in [0.25, 0.3) is 0 Å². The lowest BCUT2D eigenvalue weighted by Crippen LogP contribution is -2.36. The summed E-state index contributed by atoms with van der Waals surface area (Å²) in [4.78, 5) is 9.78. The Bertz CT molecular complexity index is 788. The maximum absolute atomic E-state index is 5.89. The van der Waals surface area contributed by atoms with Crippen LogP contribution in [0.5, 0.6) is 11.5 Å². The number of aliphatic imine (C=N–C) groups is 1. The van der Waals surface area contributed by atoms with Crippen LogP contribution in [0.1, 0.15) is 35.5 Å². The second-order valence-electron chi connectivity index (χ2n) is 6.27. The zero-order valence-electron chi connectivity index (χ0n) is 15.8. The summed E-state index contributed by atoms with van der Waals surface area (Å²) in [6.07, 6.45) is 1.15. The van der Waals surface area contributed by atoms with Gasteiger partial charge in [0.1, 0.15) is 17.6 Å². The minimum absolute atomic E-state index is 0.222. The first-order chi connectivity index (χ1) is 12.6. The summed E-state index contributed by atoms with van der Waals surface area (Å²) in [5.74, 6) is 2.61. The molecule has 2 N–H and O–H groups in total. The zero-order chi connectivity index (χ0) is 18.5. The van der Waals surface area contributed by atoms with Gasteiger partial charge in [-0.15, -0.1) is 11.3 Å². The highest BCUT2D eigenvalue weighted by Crippen LogP contribution is 2.35. The number of nitrogens with zero attached hydrogens (tertiary/aromatic N) is 2. The number of hydrogen-bond acceptors (Lipinski definition) is 5. The molecule has 1 atom stereocenters. The van der Waals surface area contributed by atoms with Crippen molar-refractivity contribution in [2.24, 2.45) is 4.99 Å². The van der Waals surface area contributed by atoms with Gasteiger partial charge in [-0.1, -0.05) is 0 Å². The average Bonchev–Trinajstić information content (AvgIpc) is 3.19. The second kappa shape index (κ2) is 8.40. The molecule has 0 bridgehead atoms. The third kappa shape index (κ3) is 4.27. The van der Waals surface area contributed by atoms with Crippen molar-refractivity contribution in [3.8, 4) is 11.5 Å². The number of nitrogens with one attached hydrogen (secondary N) is 2. The van der Waals surface area contributed by atoms with Crippen LogP contribution in [0.4, 0.5) is 0 Å². The highest BCUT2D eigenvalue weighted by molar-refractivity contribution is 7.09. The van der Waals surface area contributed by atoms with Gasteiger partial charge in [0, 0.05) is 36.0 Å². The van der Waals surface area contributed by atoms with Gasteiger partial charge in [-0.3, -0.25) is 4.99 Å². The quantitative estimate of drug-likeness (QED) is 0.601. The van der Waals surface area contributed by atoms with Crippen LogP contribution in [-0.4, -0.2) is 30.7 Å². The molecular weight excluding hydrogens is 348 g/mol. The summed E-state index contributed by atoms with van der Waals surface area (Å²) >= 11 is 1.65. The van der Waals surface area contributed by atoms with E-state index in [1.807, 2.05) is 19.4 Å². The first-order valence-corrected chi connectivity index (χ1v) is 9.77. The van der Waals surface area contributed by atoms with E-state index in [1.165, 1.54) is 10.4 Å². The van der Waals surface area contributed by atoms with Crippen LogP contribution in [-0.2, 0) is 19.5 Å². The van der Waals surface area contributed by atoms with E-state index in [0.717, 1.165) is 35.1 Å². The normalized spacial score (nSPS) is 16.2. The molecule has 140 valence electrons. The van der Waals surface area contributed by atoms with Gasteiger partial charge in [0.15, 0.2) is 5.96 Å². The molecule has 1 aliphatic rings. The van der Waals surface area contributed by atoms with E-state index in [4.69, 9.17) is 9.47 Å². The molecule has 1 aromatic carbocycles. The Morgan fingerprint density at radius 2 is 2.19 bits per heavy atom.